The van der Waals surface area contributed by atoms with Crippen molar-refractivity contribution >= 4 is 5.91 Å². The van der Waals surface area contributed by atoms with E-state index in [1.807, 2.05) is 0 Å². The van der Waals surface area contributed by atoms with E-state index in [1.165, 1.54) is 11.1 Å². The molecule has 0 unspecified atom stereocenters. The number of hydrogen-bond donors (Lipinski definition) is 1. The van der Waals surface area contributed by atoms with Crippen LogP contribution in [0.1, 0.15) is 28.9 Å². The summed E-state index contributed by atoms with van der Waals surface area (Å²) in [4.78, 5) is 17.5. The Kier molecular flexibility index (Phi) is 4.27. The third-order valence-electron chi connectivity index (χ3n) is 3.52. The summed E-state index contributed by atoms with van der Waals surface area (Å²) in [5.74, 6) is -1.63. The maximum absolute atomic E-state index is 12.5. The van der Waals surface area contributed by atoms with Crippen LogP contribution in [0.15, 0.2) is 18.3 Å². The van der Waals surface area contributed by atoms with Crippen molar-refractivity contribution in [3.63, 3.8) is 0 Å². The van der Waals surface area contributed by atoms with E-state index in [0.29, 0.717) is 6.54 Å². The van der Waals surface area contributed by atoms with Crippen LogP contribution in [0.5, 0.6) is 0 Å². The minimum atomic E-state index is -4.17. The molecule has 20 heavy (non-hydrogen) atoms. The highest BCUT2D eigenvalue weighted by Crippen LogP contribution is 2.34. The van der Waals surface area contributed by atoms with Gasteiger partial charge in [0.2, 0.25) is 0 Å². The Bertz CT molecular complexity index is 465. The lowest BCUT2D eigenvalue weighted by Gasteiger charge is -2.32. The number of aromatic nitrogens is 1. The van der Waals surface area contributed by atoms with Crippen molar-refractivity contribution in [1.82, 2.24) is 9.88 Å². The lowest BCUT2D eigenvalue weighted by Crippen LogP contribution is -2.42. The average molecular weight is 287 g/mol. The molecular weight excluding hydrogens is 271 g/mol. The van der Waals surface area contributed by atoms with Gasteiger partial charge in [-0.05, 0) is 24.5 Å². The first-order valence-corrected chi connectivity index (χ1v) is 6.43. The first-order valence-electron chi connectivity index (χ1n) is 6.43. The van der Waals surface area contributed by atoms with E-state index in [-0.39, 0.29) is 37.5 Å². The van der Waals surface area contributed by atoms with Gasteiger partial charge in [0.25, 0.3) is 5.91 Å². The molecule has 1 aliphatic rings. The van der Waals surface area contributed by atoms with Crippen LogP contribution in [0.25, 0.3) is 0 Å². The zero-order chi connectivity index (χ0) is 14.8. The Labute approximate surface area is 114 Å². The van der Waals surface area contributed by atoms with Crippen molar-refractivity contribution in [1.29, 1.82) is 0 Å². The van der Waals surface area contributed by atoms with Crippen molar-refractivity contribution in [3.8, 4) is 0 Å². The number of carbonyl (C=O) groups excluding carboxylic acids is 1. The summed E-state index contributed by atoms with van der Waals surface area (Å²) < 4.78 is 37.6. The molecule has 2 N–H and O–H groups in total. The Hall–Kier alpha value is -1.63. The summed E-state index contributed by atoms with van der Waals surface area (Å²) in [6.45, 7) is 0.561. The molecular formula is C13H16F3N3O. The SMILES string of the molecule is NCc1ccc(C(=O)N2CCC(C(F)(F)F)CC2)nc1. The Balaban J connectivity index is 1.97. The number of likely N-dealkylation sites (tertiary alicyclic amines) is 1. The number of piperidine rings is 1. The molecule has 1 aromatic rings. The predicted molar refractivity (Wildman–Crippen MR) is 66.8 cm³/mol. The zero-order valence-corrected chi connectivity index (χ0v) is 10.9. The third kappa shape index (κ3) is 3.27. The number of amides is 1. The van der Waals surface area contributed by atoms with Gasteiger partial charge in [-0.25, -0.2) is 0 Å². The fourth-order valence-corrected chi connectivity index (χ4v) is 2.24. The molecule has 1 aromatic heterocycles. The van der Waals surface area contributed by atoms with Gasteiger partial charge in [0, 0.05) is 25.8 Å². The van der Waals surface area contributed by atoms with E-state index in [9.17, 15) is 18.0 Å². The van der Waals surface area contributed by atoms with Crippen LogP contribution < -0.4 is 5.73 Å². The van der Waals surface area contributed by atoms with Crippen molar-refractivity contribution in [2.75, 3.05) is 13.1 Å². The quantitative estimate of drug-likeness (QED) is 0.904. The lowest BCUT2D eigenvalue weighted by atomic mass is 9.96. The van der Waals surface area contributed by atoms with Crippen LogP contribution in [-0.2, 0) is 6.54 Å². The molecule has 1 saturated heterocycles. The normalized spacial score (nSPS) is 17.3. The highest BCUT2D eigenvalue weighted by molar-refractivity contribution is 5.92. The van der Waals surface area contributed by atoms with Crippen molar-refractivity contribution in [2.45, 2.75) is 25.6 Å². The fraction of sp³-hybridized carbons (Fsp3) is 0.538. The molecule has 0 radical (unpaired) electrons. The summed E-state index contributed by atoms with van der Waals surface area (Å²) in [6, 6.07) is 3.25. The van der Waals surface area contributed by atoms with E-state index in [4.69, 9.17) is 5.73 Å². The molecule has 2 heterocycles. The predicted octanol–water partition coefficient (Wildman–Crippen LogP) is 1.95. The second-order valence-corrected chi connectivity index (χ2v) is 4.86. The molecule has 1 fully saturated rings. The van der Waals surface area contributed by atoms with E-state index in [0.717, 1.165) is 5.56 Å². The standard InChI is InChI=1S/C13H16F3N3O/c14-13(15,16)10-3-5-19(6-4-10)12(20)11-2-1-9(7-17)8-18-11/h1-2,8,10H,3-7,17H2. The monoisotopic (exact) mass is 287 g/mol. The van der Waals surface area contributed by atoms with Gasteiger partial charge in [-0.2, -0.15) is 13.2 Å². The zero-order valence-electron chi connectivity index (χ0n) is 10.9. The molecule has 0 saturated carbocycles. The van der Waals surface area contributed by atoms with Crippen LogP contribution >= 0.6 is 0 Å². The van der Waals surface area contributed by atoms with Gasteiger partial charge in [0.05, 0.1) is 5.92 Å². The van der Waals surface area contributed by atoms with E-state index in [2.05, 4.69) is 4.98 Å². The number of alkyl halides is 3. The highest BCUT2D eigenvalue weighted by Gasteiger charge is 2.41. The van der Waals surface area contributed by atoms with Crippen LogP contribution in [0.4, 0.5) is 13.2 Å². The molecule has 1 amide bonds. The van der Waals surface area contributed by atoms with Crippen molar-refractivity contribution in [2.24, 2.45) is 11.7 Å². The first kappa shape index (κ1) is 14.8. The number of nitrogens with two attached hydrogens (primary N) is 1. The first-order chi connectivity index (χ1) is 9.41. The number of halogens is 3. The van der Waals surface area contributed by atoms with Gasteiger partial charge < -0.3 is 10.6 Å². The number of hydrogen-bond acceptors (Lipinski definition) is 3. The van der Waals surface area contributed by atoms with Crippen LogP contribution in [0, 0.1) is 5.92 Å². The fourth-order valence-electron chi connectivity index (χ4n) is 2.24. The van der Waals surface area contributed by atoms with Crippen LogP contribution in [0.3, 0.4) is 0 Å². The largest absolute Gasteiger partial charge is 0.391 e. The van der Waals surface area contributed by atoms with Gasteiger partial charge in [-0.1, -0.05) is 6.07 Å². The molecule has 7 heteroatoms. The Morgan fingerprint density at radius 2 is 2.00 bits per heavy atom. The Morgan fingerprint density at radius 3 is 2.45 bits per heavy atom. The molecule has 0 atom stereocenters. The van der Waals surface area contributed by atoms with E-state index in [1.54, 1.807) is 12.1 Å². The van der Waals surface area contributed by atoms with Crippen LogP contribution in [-0.4, -0.2) is 35.1 Å². The number of nitrogens with zero attached hydrogens (tertiary/aromatic N) is 2. The maximum atomic E-state index is 12.5. The molecule has 110 valence electrons. The van der Waals surface area contributed by atoms with Crippen molar-refractivity contribution < 1.29 is 18.0 Å². The van der Waals surface area contributed by atoms with E-state index >= 15 is 0 Å². The average Bonchev–Trinajstić information content (AvgIpc) is 2.46. The summed E-state index contributed by atoms with van der Waals surface area (Å²) in [5.41, 5.74) is 6.48. The number of pyridine rings is 1. The van der Waals surface area contributed by atoms with Gasteiger partial charge >= 0.3 is 6.18 Å². The topological polar surface area (TPSA) is 59.2 Å². The van der Waals surface area contributed by atoms with Gasteiger partial charge in [-0.3, -0.25) is 9.78 Å². The summed E-state index contributed by atoms with van der Waals surface area (Å²) in [7, 11) is 0. The third-order valence-corrected chi connectivity index (χ3v) is 3.52. The van der Waals surface area contributed by atoms with Crippen molar-refractivity contribution in [3.05, 3.63) is 29.6 Å². The number of rotatable bonds is 2. The molecule has 1 aliphatic heterocycles. The molecule has 4 nitrogen and oxygen atoms in total. The van der Waals surface area contributed by atoms with Gasteiger partial charge in [0.15, 0.2) is 0 Å². The smallest absolute Gasteiger partial charge is 0.337 e. The summed E-state index contributed by atoms with van der Waals surface area (Å²) in [6.07, 6.45) is -2.75. The Morgan fingerprint density at radius 1 is 1.35 bits per heavy atom. The second kappa shape index (κ2) is 5.78. The minimum absolute atomic E-state index is 0.0455. The molecule has 0 spiro atoms. The van der Waals surface area contributed by atoms with Gasteiger partial charge in [-0.15, -0.1) is 0 Å². The number of carbonyl (C=O) groups is 1. The lowest BCUT2D eigenvalue weighted by molar-refractivity contribution is -0.183. The highest BCUT2D eigenvalue weighted by atomic mass is 19.4. The second-order valence-electron chi connectivity index (χ2n) is 4.86. The van der Waals surface area contributed by atoms with E-state index < -0.39 is 12.1 Å². The van der Waals surface area contributed by atoms with Crippen LogP contribution in [0.2, 0.25) is 0 Å². The molecule has 0 aromatic carbocycles. The van der Waals surface area contributed by atoms with Gasteiger partial charge in [0.1, 0.15) is 5.69 Å². The summed E-state index contributed by atoms with van der Waals surface area (Å²) >= 11 is 0. The minimum Gasteiger partial charge on any atom is -0.337 e. The molecule has 0 bridgehead atoms. The molecule has 2 rings (SSSR count). The summed E-state index contributed by atoms with van der Waals surface area (Å²) in [5, 5.41) is 0. The maximum Gasteiger partial charge on any atom is 0.391 e. The molecule has 0 aliphatic carbocycles.